The number of ether oxygens (including phenoxy) is 1. The number of benzene rings is 1. The fourth-order valence-corrected chi connectivity index (χ4v) is 2.93. The molecule has 1 aromatic heterocycles. The van der Waals surface area contributed by atoms with Crippen LogP contribution in [0.5, 0.6) is 0 Å². The molecule has 2 aromatic rings. The van der Waals surface area contributed by atoms with Crippen LogP contribution in [0.1, 0.15) is 23.4 Å². The van der Waals surface area contributed by atoms with Crippen molar-refractivity contribution in [1.29, 1.82) is 0 Å². The molecule has 8 heteroatoms. The molecule has 0 aliphatic carbocycles. The van der Waals surface area contributed by atoms with E-state index in [-0.39, 0.29) is 18.5 Å². The van der Waals surface area contributed by atoms with E-state index in [1.54, 1.807) is 32.6 Å². The minimum atomic E-state index is -0.251. The summed E-state index contributed by atoms with van der Waals surface area (Å²) in [5.74, 6) is 1.49. The van der Waals surface area contributed by atoms with Gasteiger partial charge < -0.3 is 15.4 Å². The Labute approximate surface area is 146 Å². The van der Waals surface area contributed by atoms with Crippen LogP contribution in [-0.2, 0) is 30.9 Å². The van der Waals surface area contributed by atoms with E-state index in [2.05, 4.69) is 25.7 Å². The Morgan fingerprint density at radius 1 is 1.48 bits per heavy atom. The summed E-state index contributed by atoms with van der Waals surface area (Å²) in [4.78, 5) is 8.50. The zero-order valence-corrected chi connectivity index (χ0v) is 14.5. The van der Waals surface area contributed by atoms with Crippen molar-refractivity contribution in [2.24, 2.45) is 4.99 Å². The molecule has 0 saturated carbocycles. The van der Waals surface area contributed by atoms with E-state index in [0.29, 0.717) is 18.1 Å². The molecule has 0 radical (unpaired) electrons. The predicted octanol–water partition coefficient (Wildman–Crippen LogP) is 1.24. The Kier molecular flexibility index (Phi) is 5.60. The second kappa shape index (κ2) is 8.06. The Balaban J connectivity index is 1.56. The molecule has 0 amide bonds. The lowest BCUT2D eigenvalue weighted by Crippen LogP contribution is -2.46. The van der Waals surface area contributed by atoms with Crippen molar-refractivity contribution >= 4 is 5.96 Å². The maximum atomic E-state index is 13.7. The highest BCUT2D eigenvalue weighted by atomic mass is 19.1. The number of aryl methyl sites for hydroxylation is 1. The first-order valence-corrected chi connectivity index (χ1v) is 8.29. The number of nitrogens with zero attached hydrogens (tertiary/aromatic N) is 4. The van der Waals surface area contributed by atoms with Crippen LogP contribution in [0.4, 0.5) is 4.39 Å². The summed E-state index contributed by atoms with van der Waals surface area (Å²) < 4.78 is 20.6. The summed E-state index contributed by atoms with van der Waals surface area (Å²) in [5, 5.41) is 10.9. The van der Waals surface area contributed by atoms with Gasteiger partial charge in [-0.2, -0.15) is 5.10 Å². The molecule has 2 N–H and O–H groups in total. The summed E-state index contributed by atoms with van der Waals surface area (Å²) in [7, 11) is 3.29. The second-order valence-electron chi connectivity index (χ2n) is 6.02. The van der Waals surface area contributed by atoms with Gasteiger partial charge in [0.05, 0.1) is 13.2 Å². The number of nitrogens with one attached hydrogen (secondary N) is 2. The predicted molar refractivity (Wildman–Crippen MR) is 92.6 cm³/mol. The standard InChI is InChI=1S/C17H23FN6O/c1-19-17(23-14-4-6-16-21-11-22-24(16)9-14)20-8-12-3-5-15(18)13(7-12)10-25-2/h3,5,7,11,14H,4,6,8-10H2,1-2H3,(H2,19,20,23). The van der Waals surface area contributed by atoms with Crippen LogP contribution in [0.25, 0.3) is 0 Å². The molecule has 2 heterocycles. The quantitative estimate of drug-likeness (QED) is 0.629. The van der Waals surface area contributed by atoms with Gasteiger partial charge in [-0.1, -0.05) is 6.07 Å². The lowest BCUT2D eigenvalue weighted by atomic mass is 10.1. The fourth-order valence-electron chi connectivity index (χ4n) is 2.93. The number of guanidine groups is 1. The number of hydrogen-bond acceptors (Lipinski definition) is 4. The van der Waals surface area contributed by atoms with Gasteiger partial charge in [0, 0.05) is 38.7 Å². The van der Waals surface area contributed by atoms with Crippen LogP contribution in [0.2, 0.25) is 0 Å². The second-order valence-corrected chi connectivity index (χ2v) is 6.02. The molecule has 3 rings (SSSR count). The van der Waals surface area contributed by atoms with Crippen molar-refractivity contribution in [2.75, 3.05) is 14.2 Å². The highest BCUT2D eigenvalue weighted by Crippen LogP contribution is 2.13. The summed E-state index contributed by atoms with van der Waals surface area (Å²) in [5.41, 5.74) is 1.52. The van der Waals surface area contributed by atoms with Gasteiger partial charge in [-0.15, -0.1) is 0 Å². The molecular formula is C17H23FN6O. The van der Waals surface area contributed by atoms with Gasteiger partial charge in [0.1, 0.15) is 18.0 Å². The minimum absolute atomic E-state index is 0.248. The highest BCUT2D eigenvalue weighted by Gasteiger charge is 2.20. The van der Waals surface area contributed by atoms with Gasteiger partial charge in [-0.05, 0) is 24.1 Å². The summed E-state index contributed by atoms with van der Waals surface area (Å²) in [6, 6.07) is 5.28. The molecule has 0 fully saturated rings. The van der Waals surface area contributed by atoms with E-state index < -0.39 is 0 Å². The Bertz CT molecular complexity index is 744. The number of hydrogen-bond donors (Lipinski definition) is 2. The Hall–Kier alpha value is -2.48. The monoisotopic (exact) mass is 346 g/mol. The third kappa shape index (κ3) is 4.33. The number of aromatic nitrogens is 3. The van der Waals surface area contributed by atoms with Crippen LogP contribution in [0.3, 0.4) is 0 Å². The first kappa shape index (κ1) is 17.3. The number of halogens is 1. The molecule has 1 aliphatic heterocycles. The highest BCUT2D eigenvalue weighted by molar-refractivity contribution is 5.79. The van der Waals surface area contributed by atoms with Gasteiger partial charge in [-0.25, -0.2) is 14.1 Å². The van der Waals surface area contributed by atoms with Crippen molar-refractivity contribution in [2.45, 2.75) is 38.6 Å². The van der Waals surface area contributed by atoms with Gasteiger partial charge >= 0.3 is 0 Å². The number of rotatable bonds is 5. The molecule has 1 unspecified atom stereocenters. The maximum absolute atomic E-state index is 13.7. The van der Waals surface area contributed by atoms with E-state index in [4.69, 9.17) is 4.74 Å². The first-order valence-electron chi connectivity index (χ1n) is 8.29. The third-order valence-electron chi connectivity index (χ3n) is 4.24. The van der Waals surface area contributed by atoms with Crippen molar-refractivity contribution < 1.29 is 9.13 Å². The molecule has 0 bridgehead atoms. The van der Waals surface area contributed by atoms with Gasteiger partial charge in [0.2, 0.25) is 0 Å². The lowest BCUT2D eigenvalue weighted by molar-refractivity contribution is 0.181. The molecule has 0 saturated heterocycles. The fraction of sp³-hybridized carbons (Fsp3) is 0.471. The summed E-state index contributed by atoms with van der Waals surface area (Å²) in [6.07, 6.45) is 3.47. The summed E-state index contributed by atoms with van der Waals surface area (Å²) in [6.45, 7) is 1.58. The molecule has 25 heavy (non-hydrogen) atoms. The zero-order chi connectivity index (χ0) is 17.6. The Morgan fingerprint density at radius 3 is 3.16 bits per heavy atom. The Morgan fingerprint density at radius 2 is 2.36 bits per heavy atom. The van der Waals surface area contributed by atoms with Crippen LogP contribution >= 0.6 is 0 Å². The number of aliphatic imine (C=N–C) groups is 1. The van der Waals surface area contributed by atoms with Crippen molar-refractivity contribution in [3.05, 3.63) is 47.3 Å². The smallest absolute Gasteiger partial charge is 0.191 e. The number of fused-ring (bicyclic) bond motifs is 1. The van der Waals surface area contributed by atoms with Crippen molar-refractivity contribution in [1.82, 2.24) is 25.4 Å². The van der Waals surface area contributed by atoms with Crippen LogP contribution in [-0.4, -0.2) is 40.9 Å². The third-order valence-corrected chi connectivity index (χ3v) is 4.24. The van der Waals surface area contributed by atoms with E-state index in [9.17, 15) is 4.39 Å². The summed E-state index contributed by atoms with van der Waals surface area (Å²) >= 11 is 0. The molecule has 1 aromatic carbocycles. The first-order chi connectivity index (χ1) is 12.2. The molecule has 1 aliphatic rings. The van der Waals surface area contributed by atoms with Gasteiger partial charge in [-0.3, -0.25) is 4.99 Å². The van der Waals surface area contributed by atoms with E-state index in [1.807, 2.05) is 4.68 Å². The lowest BCUT2D eigenvalue weighted by Gasteiger charge is -2.25. The normalized spacial score (nSPS) is 17.2. The maximum Gasteiger partial charge on any atom is 0.191 e. The molecular weight excluding hydrogens is 323 g/mol. The SMILES string of the molecule is CN=C(NCc1ccc(F)c(COC)c1)NC1CCc2ncnn2C1. The molecule has 7 nitrogen and oxygen atoms in total. The largest absolute Gasteiger partial charge is 0.380 e. The minimum Gasteiger partial charge on any atom is -0.380 e. The zero-order valence-electron chi connectivity index (χ0n) is 14.5. The van der Waals surface area contributed by atoms with E-state index in [1.165, 1.54) is 6.07 Å². The van der Waals surface area contributed by atoms with Crippen molar-refractivity contribution in [3.63, 3.8) is 0 Å². The van der Waals surface area contributed by atoms with E-state index in [0.717, 1.165) is 30.8 Å². The van der Waals surface area contributed by atoms with E-state index >= 15 is 0 Å². The van der Waals surface area contributed by atoms with Gasteiger partial charge in [0.25, 0.3) is 0 Å². The number of methoxy groups -OCH3 is 1. The topological polar surface area (TPSA) is 76.4 Å². The molecule has 0 spiro atoms. The molecule has 134 valence electrons. The van der Waals surface area contributed by atoms with Gasteiger partial charge in [0.15, 0.2) is 5.96 Å². The van der Waals surface area contributed by atoms with Crippen LogP contribution in [0, 0.1) is 5.82 Å². The molecule has 1 atom stereocenters. The van der Waals surface area contributed by atoms with Crippen molar-refractivity contribution in [3.8, 4) is 0 Å². The van der Waals surface area contributed by atoms with Crippen LogP contribution in [0.15, 0.2) is 29.5 Å². The average Bonchev–Trinajstić information content (AvgIpc) is 3.09. The average molecular weight is 346 g/mol. The van der Waals surface area contributed by atoms with Crippen LogP contribution < -0.4 is 10.6 Å².